The molecule has 1 saturated heterocycles. The summed E-state index contributed by atoms with van der Waals surface area (Å²) in [6.45, 7) is 1.67. The topological polar surface area (TPSA) is 92.3 Å². The van der Waals surface area contributed by atoms with E-state index in [9.17, 15) is 9.59 Å². The van der Waals surface area contributed by atoms with Gasteiger partial charge in [0.15, 0.2) is 11.5 Å². The van der Waals surface area contributed by atoms with Gasteiger partial charge in [-0.25, -0.2) is 0 Å². The largest absolute Gasteiger partial charge is 0.493 e. The second-order valence-corrected chi connectivity index (χ2v) is 8.65. The van der Waals surface area contributed by atoms with Gasteiger partial charge in [0.2, 0.25) is 5.75 Å². The first-order valence-corrected chi connectivity index (χ1v) is 11.1. The molecule has 2 heterocycles. The number of methoxy groups -OCH3 is 2. The fourth-order valence-electron chi connectivity index (χ4n) is 4.41. The van der Waals surface area contributed by atoms with Crippen LogP contribution >= 0.6 is 0 Å². The Morgan fingerprint density at radius 3 is 2.61 bits per heavy atom. The van der Waals surface area contributed by atoms with Gasteiger partial charge in [0.25, 0.3) is 5.91 Å². The molecule has 1 saturated carbocycles. The van der Waals surface area contributed by atoms with Gasteiger partial charge in [-0.2, -0.15) is 0 Å². The van der Waals surface area contributed by atoms with E-state index in [1.165, 1.54) is 0 Å². The number of esters is 1. The molecule has 2 aromatic rings. The number of fused-ring (bicyclic) bond motifs is 1. The first-order chi connectivity index (χ1) is 16.1. The van der Waals surface area contributed by atoms with Crippen molar-refractivity contribution in [3.8, 4) is 28.4 Å². The summed E-state index contributed by atoms with van der Waals surface area (Å²) in [5, 5.41) is 2.87. The van der Waals surface area contributed by atoms with Gasteiger partial charge >= 0.3 is 5.97 Å². The molecule has 0 radical (unpaired) electrons. The first-order valence-electron chi connectivity index (χ1n) is 11.1. The van der Waals surface area contributed by atoms with Crippen LogP contribution in [0.15, 0.2) is 30.3 Å². The lowest BCUT2D eigenvalue weighted by atomic mass is 9.95. The standard InChI is InChI=1S/C25H27NO7/c1-29-20-7-6-17(16-4-3-5-18-19(16)12-26-23(18)27)21(22(20)30-2)32-14-25(9-10-25)24(28)33-15-8-11-31-13-15/h3-7,15H,8-14H2,1-2H3,(H,26,27)/t15-/m0/s1. The molecule has 2 fully saturated rings. The van der Waals surface area contributed by atoms with E-state index >= 15 is 0 Å². The van der Waals surface area contributed by atoms with Crippen molar-refractivity contribution in [1.29, 1.82) is 0 Å². The number of ether oxygens (including phenoxy) is 5. The molecule has 0 aromatic heterocycles. The van der Waals surface area contributed by atoms with Crippen LogP contribution in [0.5, 0.6) is 17.2 Å². The molecule has 1 amide bonds. The van der Waals surface area contributed by atoms with Crippen LogP contribution in [0, 0.1) is 5.41 Å². The lowest BCUT2D eigenvalue weighted by molar-refractivity contribution is -0.157. The summed E-state index contributed by atoms with van der Waals surface area (Å²) in [6, 6.07) is 9.32. The van der Waals surface area contributed by atoms with Crippen LogP contribution < -0.4 is 19.5 Å². The Labute approximate surface area is 192 Å². The van der Waals surface area contributed by atoms with Crippen molar-refractivity contribution in [2.75, 3.05) is 34.0 Å². The molecule has 174 valence electrons. The van der Waals surface area contributed by atoms with E-state index in [0.717, 1.165) is 23.1 Å². The highest BCUT2D eigenvalue weighted by Gasteiger charge is 2.53. The zero-order valence-electron chi connectivity index (χ0n) is 18.8. The average molecular weight is 453 g/mol. The van der Waals surface area contributed by atoms with Gasteiger partial charge in [0.05, 0.1) is 27.4 Å². The van der Waals surface area contributed by atoms with E-state index in [0.29, 0.717) is 55.4 Å². The number of carbonyl (C=O) groups is 2. The van der Waals surface area contributed by atoms with E-state index in [1.54, 1.807) is 14.2 Å². The fraction of sp³-hybridized carbons (Fsp3) is 0.440. The maximum absolute atomic E-state index is 12.9. The van der Waals surface area contributed by atoms with Crippen molar-refractivity contribution >= 4 is 11.9 Å². The normalized spacial score (nSPS) is 20.1. The zero-order chi connectivity index (χ0) is 23.0. The Morgan fingerprint density at radius 2 is 1.91 bits per heavy atom. The molecule has 5 rings (SSSR count). The van der Waals surface area contributed by atoms with Crippen molar-refractivity contribution in [2.45, 2.75) is 31.9 Å². The van der Waals surface area contributed by atoms with E-state index in [-0.39, 0.29) is 24.6 Å². The van der Waals surface area contributed by atoms with Gasteiger partial charge in [0.1, 0.15) is 18.1 Å². The minimum absolute atomic E-state index is 0.0923. The summed E-state index contributed by atoms with van der Waals surface area (Å²) in [6.07, 6.45) is 1.96. The zero-order valence-corrected chi connectivity index (χ0v) is 18.8. The Kier molecular flexibility index (Phi) is 5.62. The lowest BCUT2D eigenvalue weighted by Crippen LogP contribution is -2.30. The Bertz CT molecular complexity index is 1090. The molecule has 3 aliphatic rings. The van der Waals surface area contributed by atoms with E-state index in [4.69, 9.17) is 23.7 Å². The number of benzene rings is 2. The Hall–Kier alpha value is -3.26. The second kappa shape index (κ2) is 8.59. The highest BCUT2D eigenvalue weighted by molar-refractivity contribution is 6.01. The third-order valence-corrected chi connectivity index (χ3v) is 6.58. The minimum atomic E-state index is -0.663. The summed E-state index contributed by atoms with van der Waals surface area (Å²) in [5.41, 5.74) is 2.53. The van der Waals surface area contributed by atoms with Gasteiger partial charge in [-0.05, 0) is 42.2 Å². The summed E-state index contributed by atoms with van der Waals surface area (Å²) in [7, 11) is 3.11. The lowest BCUT2D eigenvalue weighted by Gasteiger charge is -2.22. The Balaban J connectivity index is 1.47. The van der Waals surface area contributed by atoms with Gasteiger partial charge < -0.3 is 29.0 Å². The van der Waals surface area contributed by atoms with Crippen LogP contribution in [0.4, 0.5) is 0 Å². The molecule has 2 aromatic carbocycles. The number of rotatable bonds is 8. The fourth-order valence-corrected chi connectivity index (χ4v) is 4.41. The Morgan fingerprint density at radius 1 is 1.09 bits per heavy atom. The van der Waals surface area contributed by atoms with Crippen molar-refractivity contribution in [2.24, 2.45) is 5.41 Å². The van der Waals surface area contributed by atoms with E-state index in [2.05, 4.69) is 5.32 Å². The monoisotopic (exact) mass is 453 g/mol. The molecule has 2 aliphatic heterocycles. The molecule has 33 heavy (non-hydrogen) atoms. The molecule has 1 atom stereocenters. The van der Waals surface area contributed by atoms with Gasteiger partial charge in [0, 0.05) is 24.1 Å². The van der Waals surface area contributed by atoms with E-state index in [1.807, 2.05) is 30.3 Å². The maximum atomic E-state index is 12.9. The van der Waals surface area contributed by atoms with Crippen LogP contribution in [-0.4, -0.2) is 52.0 Å². The van der Waals surface area contributed by atoms with Gasteiger partial charge in [-0.15, -0.1) is 0 Å². The average Bonchev–Trinajstić information content (AvgIpc) is 3.28. The van der Waals surface area contributed by atoms with Gasteiger partial charge in [-0.3, -0.25) is 9.59 Å². The predicted molar refractivity (Wildman–Crippen MR) is 119 cm³/mol. The summed E-state index contributed by atoms with van der Waals surface area (Å²) >= 11 is 0. The number of nitrogens with one attached hydrogen (secondary N) is 1. The maximum Gasteiger partial charge on any atom is 0.315 e. The van der Waals surface area contributed by atoms with E-state index < -0.39 is 5.41 Å². The van der Waals surface area contributed by atoms with Crippen LogP contribution in [0.3, 0.4) is 0 Å². The number of hydrogen-bond donors (Lipinski definition) is 1. The second-order valence-electron chi connectivity index (χ2n) is 8.65. The number of hydrogen-bond acceptors (Lipinski definition) is 7. The van der Waals surface area contributed by atoms with Gasteiger partial charge in [-0.1, -0.05) is 12.1 Å². The summed E-state index contributed by atoms with van der Waals surface area (Å²) in [4.78, 5) is 25.1. The first kappa shape index (κ1) is 21.6. The van der Waals surface area contributed by atoms with Crippen LogP contribution in [0.25, 0.3) is 11.1 Å². The third kappa shape index (κ3) is 3.88. The summed E-state index contributed by atoms with van der Waals surface area (Å²) < 4.78 is 28.4. The molecular weight excluding hydrogens is 426 g/mol. The number of amides is 1. The molecular formula is C25H27NO7. The van der Waals surface area contributed by atoms with Crippen molar-refractivity contribution in [1.82, 2.24) is 5.32 Å². The minimum Gasteiger partial charge on any atom is -0.493 e. The quantitative estimate of drug-likeness (QED) is 0.614. The van der Waals surface area contributed by atoms with Crippen molar-refractivity contribution < 1.29 is 33.3 Å². The third-order valence-electron chi connectivity index (χ3n) is 6.58. The van der Waals surface area contributed by atoms with Crippen molar-refractivity contribution in [3.05, 3.63) is 41.5 Å². The number of carbonyl (C=O) groups excluding carboxylic acids is 2. The SMILES string of the molecule is COc1ccc(-c2cccc3c2CNC3=O)c(OCC2(C(=O)O[C@H]3CCOC3)CC2)c1OC. The molecule has 1 N–H and O–H groups in total. The predicted octanol–water partition coefficient (Wildman–Crippen LogP) is 3.11. The highest BCUT2D eigenvalue weighted by atomic mass is 16.6. The van der Waals surface area contributed by atoms with Crippen LogP contribution in [0.1, 0.15) is 35.2 Å². The van der Waals surface area contributed by atoms with Crippen molar-refractivity contribution in [3.63, 3.8) is 0 Å². The molecule has 0 bridgehead atoms. The molecule has 8 heteroatoms. The molecule has 1 aliphatic carbocycles. The van der Waals surface area contributed by atoms with Crippen LogP contribution in [-0.2, 0) is 20.8 Å². The smallest absolute Gasteiger partial charge is 0.315 e. The molecule has 0 unspecified atom stereocenters. The molecule has 0 spiro atoms. The van der Waals surface area contributed by atoms with Crippen LogP contribution in [0.2, 0.25) is 0 Å². The highest BCUT2D eigenvalue weighted by Crippen LogP contribution is 2.51. The summed E-state index contributed by atoms with van der Waals surface area (Å²) in [5.74, 6) is 1.11. The molecule has 8 nitrogen and oxygen atoms in total.